The van der Waals surface area contributed by atoms with E-state index >= 15 is 0 Å². The summed E-state index contributed by atoms with van der Waals surface area (Å²) < 4.78 is 1.81. The summed E-state index contributed by atoms with van der Waals surface area (Å²) in [6.45, 7) is 4.83. The van der Waals surface area contributed by atoms with Crippen molar-refractivity contribution in [2.75, 3.05) is 6.54 Å². The van der Waals surface area contributed by atoms with Crippen molar-refractivity contribution in [2.24, 2.45) is 5.41 Å². The van der Waals surface area contributed by atoms with Crippen LogP contribution in [0.1, 0.15) is 26.7 Å². The molecule has 1 aromatic rings. The fourth-order valence-corrected chi connectivity index (χ4v) is 1.36. The molecule has 1 rings (SSSR count). The summed E-state index contributed by atoms with van der Waals surface area (Å²) >= 11 is 0. The molecule has 0 aliphatic heterocycles. The topological polar surface area (TPSA) is 70.7 Å². The van der Waals surface area contributed by atoms with E-state index in [0.29, 0.717) is 13.0 Å². The minimum Gasteiger partial charge on any atom is -0.355 e. The van der Waals surface area contributed by atoms with Gasteiger partial charge in [0, 0.05) is 25.5 Å². The minimum atomic E-state index is -0.911. The summed E-state index contributed by atoms with van der Waals surface area (Å²) in [6, 6.07) is 3.92. The zero-order valence-electron chi connectivity index (χ0n) is 10.3. The first-order valence-corrected chi connectivity index (χ1v) is 5.79. The van der Waals surface area contributed by atoms with Gasteiger partial charge in [-0.1, -0.05) is 6.92 Å². The van der Waals surface area contributed by atoms with Crippen LogP contribution >= 0.6 is 0 Å². The molecule has 0 aromatic carbocycles. The lowest BCUT2D eigenvalue weighted by Gasteiger charge is -2.18. The smallest absolute Gasteiger partial charge is 0.240 e. The number of nitriles is 1. The molecule has 1 unspecified atom stereocenters. The predicted molar refractivity (Wildman–Crippen MR) is 63.9 cm³/mol. The van der Waals surface area contributed by atoms with Gasteiger partial charge in [0.2, 0.25) is 5.91 Å². The number of nitrogens with zero attached hydrogens (tertiary/aromatic N) is 3. The number of hydrogen-bond acceptors (Lipinski definition) is 3. The van der Waals surface area contributed by atoms with Crippen molar-refractivity contribution in [3.8, 4) is 6.07 Å². The van der Waals surface area contributed by atoms with E-state index in [4.69, 9.17) is 5.26 Å². The lowest BCUT2D eigenvalue weighted by molar-refractivity contribution is -0.127. The Bertz CT molecular complexity index is 393. The van der Waals surface area contributed by atoms with Gasteiger partial charge in [-0.05, 0) is 25.8 Å². The van der Waals surface area contributed by atoms with Crippen LogP contribution < -0.4 is 5.32 Å². The summed E-state index contributed by atoms with van der Waals surface area (Å²) in [5, 5.41) is 15.8. The zero-order chi connectivity index (χ0) is 12.7. The molecule has 0 spiro atoms. The summed E-state index contributed by atoms with van der Waals surface area (Å²) in [7, 11) is 0. The van der Waals surface area contributed by atoms with E-state index in [-0.39, 0.29) is 5.91 Å². The Kier molecular flexibility index (Phi) is 4.70. The van der Waals surface area contributed by atoms with Crippen molar-refractivity contribution in [1.82, 2.24) is 15.1 Å². The Labute approximate surface area is 101 Å². The van der Waals surface area contributed by atoms with Gasteiger partial charge in [-0.25, -0.2) is 0 Å². The SMILES string of the molecule is CCC(C)(C#N)C(=O)NCCCn1cccn1. The zero-order valence-corrected chi connectivity index (χ0v) is 10.3. The standard InChI is InChI=1S/C12H18N4O/c1-3-12(2,10-13)11(17)14-6-4-8-16-9-5-7-15-16/h5,7,9H,3-4,6,8H2,1-2H3,(H,14,17). The maximum Gasteiger partial charge on any atom is 0.240 e. The summed E-state index contributed by atoms with van der Waals surface area (Å²) in [4.78, 5) is 11.7. The van der Waals surface area contributed by atoms with Crippen LogP contribution in [0.2, 0.25) is 0 Å². The number of carbonyl (C=O) groups is 1. The first-order valence-electron chi connectivity index (χ1n) is 5.79. The number of hydrogen-bond donors (Lipinski definition) is 1. The van der Waals surface area contributed by atoms with E-state index in [1.165, 1.54) is 0 Å². The van der Waals surface area contributed by atoms with Crippen LogP contribution in [0.5, 0.6) is 0 Å². The van der Waals surface area contributed by atoms with Crippen LogP contribution in [0.25, 0.3) is 0 Å². The molecule has 0 aliphatic carbocycles. The Morgan fingerprint density at radius 3 is 2.94 bits per heavy atom. The van der Waals surface area contributed by atoms with Crippen LogP contribution in [-0.2, 0) is 11.3 Å². The highest BCUT2D eigenvalue weighted by atomic mass is 16.2. The van der Waals surface area contributed by atoms with E-state index in [0.717, 1.165) is 13.0 Å². The number of aryl methyl sites for hydroxylation is 1. The van der Waals surface area contributed by atoms with Gasteiger partial charge in [0.05, 0.1) is 6.07 Å². The number of aromatic nitrogens is 2. The second-order valence-corrected chi connectivity index (χ2v) is 4.18. The van der Waals surface area contributed by atoms with Gasteiger partial charge in [0.15, 0.2) is 0 Å². The second-order valence-electron chi connectivity index (χ2n) is 4.18. The number of nitrogens with one attached hydrogen (secondary N) is 1. The lowest BCUT2D eigenvalue weighted by Crippen LogP contribution is -2.38. The molecule has 1 atom stereocenters. The number of rotatable bonds is 6. The molecule has 1 heterocycles. The van der Waals surface area contributed by atoms with Crippen molar-refractivity contribution >= 4 is 5.91 Å². The van der Waals surface area contributed by atoms with E-state index in [1.54, 1.807) is 13.1 Å². The average molecular weight is 234 g/mol. The van der Waals surface area contributed by atoms with Crippen molar-refractivity contribution in [2.45, 2.75) is 33.2 Å². The Morgan fingerprint density at radius 2 is 2.41 bits per heavy atom. The first-order chi connectivity index (χ1) is 8.12. The summed E-state index contributed by atoms with van der Waals surface area (Å²) in [6.07, 6.45) is 4.93. The maximum atomic E-state index is 11.7. The summed E-state index contributed by atoms with van der Waals surface area (Å²) in [5.74, 6) is -0.192. The highest BCUT2D eigenvalue weighted by Gasteiger charge is 2.30. The molecule has 5 nitrogen and oxygen atoms in total. The summed E-state index contributed by atoms with van der Waals surface area (Å²) in [5.41, 5.74) is -0.911. The van der Waals surface area contributed by atoms with Crippen LogP contribution in [-0.4, -0.2) is 22.2 Å². The normalized spacial score (nSPS) is 13.7. The molecular weight excluding hydrogens is 216 g/mol. The van der Waals surface area contributed by atoms with Crippen LogP contribution in [0.3, 0.4) is 0 Å². The van der Waals surface area contributed by atoms with E-state index < -0.39 is 5.41 Å². The second kappa shape index (κ2) is 6.04. The molecule has 1 N–H and O–H groups in total. The lowest BCUT2D eigenvalue weighted by atomic mass is 9.88. The molecule has 92 valence electrons. The van der Waals surface area contributed by atoms with Gasteiger partial charge in [0.25, 0.3) is 0 Å². The Balaban J connectivity index is 2.27. The molecule has 0 radical (unpaired) electrons. The third-order valence-electron chi connectivity index (χ3n) is 2.86. The minimum absolute atomic E-state index is 0.192. The molecule has 0 fully saturated rings. The molecule has 5 heteroatoms. The van der Waals surface area contributed by atoms with Crippen LogP contribution in [0.15, 0.2) is 18.5 Å². The highest BCUT2D eigenvalue weighted by Crippen LogP contribution is 2.19. The fraction of sp³-hybridized carbons (Fsp3) is 0.583. The third-order valence-corrected chi connectivity index (χ3v) is 2.86. The average Bonchev–Trinajstić information content (AvgIpc) is 2.86. The first kappa shape index (κ1) is 13.2. The molecule has 1 aromatic heterocycles. The fourth-order valence-electron chi connectivity index (χ4n) is 1.36. The van der Waals surface area contributed by atoms with E-state index in [1.807, 2.05) is 23.9 Å². The number of carbonyl (C=O) groups excluding carboxylic acids is 1. The van der Waals surface area contributed by atoms with Gasteiger partial charge >= 0.3 is 0 Å². The third kappa shape index (κ3) is 3.59. The van der Waals surface area contributed by atoms with Gasteiger partial charge < -0.3 is 5.32 Å². The van der Waals surface area contributed by atoms with Gasteiger partial charge in [0.1, 0.15) is 5.41 Å². The van der Waals surface area contributed by atoms with Gasteiger partial charge in [-0.15, -0.1) is 0 Å². The van der Waals surface area contributed by atoms with Crippen LogP contribution in [0, 0.1) is 16.7 Å². The molecule has 17 heavy (non-hydrogen) atoms. The van der Waals surface area contributed by atoms with E-state index in [9.17, 15) is 4.79 Å². The van der Waals surface area contributed by atoms with E-state index in [2.05, 4.69) is 16.5 Å². The van der Waals surface area contributed by atoms with Crippen LogP contribution in [0.4, 0.5) is 0 Å². The molecule has 0 saturated heterocycles. The molecule has 0 saturated carbocycles. The Morgan fingerprint density at radius 1 is 1.65 bits per heavy atom. The predicted octanol–water partition coefficient (Wildman–Crippen LogP) is 1.33. The monoisotopic (exact) mass is 234 g/mol. The van der Waals surface area contributed by atoms with Gasteiger partial charge in [-0.2, -0.15) is 10.4 Å². The molecular formula is C12H18N4O. The van der Waals surface area contributed by atoms with Crippen molar-refractivity contribution in [1.29, 1.82) is 5.26 Å². The maximum absolute atomic E-state index is 11.7. The van der Waals surface area contributed by atoms with Crippen molar-refractivity contribution < 1.29 is 4.79 Å². The quantitative estimate of drug-likeness (QED) is 0.755. The van der Waals surface area contributed by atoms with Gasteiger partial charge in [-0.3, -0.25) is 9.48 Å². The van der Waals surface area contributed by atoms with Crippen molar-refractivity contribution in [3.63, 3.8) is 0 Å². The molecule has 0 aliphatic rings. The number of amides is 1. The van der Waals surface area contributed by atoms with Crippen molar-refractivity contribution in [3.05, 3.63) is 18.5 Å². The molecule has 1 amide bonds. The Hall–Kier alpha value is -1.83. The highest BCUT2D eigenvalue weighted by molar-refractivity contribution is 5.84. The largest absolute Gasteiger partial charge is 0.355 e. The molecule has 0 bridgehead atoms.